The fraction of sp³-hybridized carbons (Fsp3) is 0.308. The number of aliphatic hydroxyl groups is 1. The molecule has 0 spiro atoms. The first-order valence-electron chi connectivity index (χ1n) is 5.49. The van der Waals surface area contributed by atoms with E-state index in [1.54, 1.807) is 6.92 Å². The molecule has 1 unspecified atom stereocenters. The van der Waals surface area contributed by atoms with Crippen molar-refractivity contribution in [1.82, 2.24) is 4.98 Å². The minimum absolute atomic E-state index is 0.474. The van der Waals surface area contributed by atoms with E-state index in [1.165, 1.54) is 0 Å². The van der Waals surface area contributed by atoms with Crippen molar-refractivity contribution in [2.75, 3.05) is 5.73 Å². The zero-order valence-corrected chi connectivity index (χ0v) is 9.57. The van der Waals surface area contributed by atoms with Crippen molar-refractivity contribution in [3.63, 3.8) is 0 Å². The first-order chi connectivity index (χ1) is 7.61. The van der Waals surface area contributed by atoms with E-state index in [9.17, 15) is 5.11 Å². The fourth-order valence-corrected chi connectivity index (χ4v) is 1.79. The van der Waals surface area contributed by atoms with Crippen LogP contribution in [0.1, 0.15) is 31.1 Å². The molecular formula is C13H16N2O. The van der Waals surface area contributed by atoms with Gasteiger partial charge in [0.1, 0.15) is 5.82 Å². The molecular weight excluding hydrogens is 200 g/mol. The maximum atomic E-state index is 9.49. The van der Waals surface area contributed by atoms with Gasteiger partial charge in [-0.25, -0.2) is 4.98 Å². The molecule has 0 fully saturated rings. The minimum atomic E-state index is -0.474. The highest BCUT2D eigenvalue weighted by Crippen LogP contribution is 2.22. The van der Waals surface area contributed by atoms with Gasteiger partial charge in [-0.15, -0.1) is 0 Å². The van der Waals surface area contributed by atoms with E-state index in [0.29, 0.717) is 5.82 Å². The van der Waals surface area contributed by atoms with Crippen LogP contribution in [0.3, 0.4) is 0 Å². The van der Waals surface area contributed by atoms with Crippen LogP contribution in [0, 0.1) is 0 Å². The molecule has 3 heteroatoms. The van der Waals surface area contributed by atoms with Gasteiger partial charge < -0.3 is 10.8 Å². The van der Waals surface area contributed by atoms with Gasteiger partial charge in [0.25, 0.3) is 0 Å². The predicted octanol–water partition coefficient (Wildman–Crippen LogP) is 2.43. The average molecular weight is 216 g/mol. The zero-order chi connectivity index (χ0) is 11.7. The Kier molecular flexibility index (Phi) is 2.79. The van der Waals surface area contributed by atoms with Gasteiger partial charge >= 0.3 is 0 Å². The van der Waals surface area contributed by atoms with Crippen LogP contribution in [0.15, 0.2) is 24.3 Å². The van der Waals surface area contributed by atoms with Crippen LogP contribution in [0.5, 0.6) is 0 Å². The molecule has 0 saturated heterocycles. The molecule has 1 atom stereocenters. The summed E-state index contributed by atoms with van der Waals surface area (Å²) < 4.78 is 0. The molecule has 0 bridgehead atoms. The van der Waals surface area contributed by atoms with Gasteiger partial charge in [0.05, 0.1) is 11.6 Å². The highest BCUT2D eigenvalue weighted by atomic mass is 16.3. The second kappa shape index (κ2) is 4.10. The van der Waals surface area contributed by atoms with E-state index in [0.717, 1.165) is 28.5 Å². The summed E-state index contributed by atoms with van der Waals surface area (Å²) in [5.41, 5.74) is 8.62. The van der Waals surface area contributed by atoms with E-state index >= 15 is 0 Å². The molecule has 0 aliphatic carbocycles. The lowest BCUT2D eigenvalue weighted by molar-refractivity contribution is 0.199. The van der Waals surface area contributed by atoms with Gasteiger partial charge in [-0.05, 0) is 36.6 Å². The molecule has 3 nitrogen and oxygen atoms in total. The molecule has 84 valence electrons. The van der Waals surface area contributed by atoms with Gasteiger partial charge in [-0.3, -0.25) is 0 Å². The van der Waals surface area contributed by atoms with E-state index < -0.39 is 6.10 Å². The molecule has 0 aliphatic rings. The second-order valence-corrected chi connectivity index (χ2v) is 4.01. The Morgan fingerprint density at radius 3 is 2.75 bits per heavy atom. The third-order valence-corrected chi connectivity index (χ3v) is 2.82. The van der Waals surface area contributed by atoms with Crippen LogP contribution in [0.4, 0.5) is 5.82 Å². The Labute approximate surface area is 94.9 Å². The van der Waals surface area contributed by atoms with Crippen molar-refractivity contribution in [2.24, 2.45) is 0 Å². The Morgan fingerprint density at radius 1 is 1.38 bits per heavy atom. The largest absolute Gasteiger partial charge is 0.389 e. The Bertz CT molecular complexity index is 521. The number of nitrogen functional groups attached to an aromatic ring is 1. The SMILES string of the molecule is CCc1cc2ccc(C(C)O)cc2nc1N. The summed E-state index contributed by atoms with van der Waals surface area (Å²) >= 11 is 0. The summed E-state index contributed by atoms with van der Waals surface area (Å²) in [5, 5.41) is 10.6. The topological polar surface area (TPSA) is 59.1 Å². The summed E-state index contributed by atoms with van der Waals surface area (Å²) in [6, 6.07) is 7.84. The highest BCUT2D eigenvalue weighted by Gasteiger charge is 2.05. The summed E-state index contributed by atoms with van der Waals surface area (Å²) in [7, 11) is 0. The number of rotatable bonds is 2. The molecule has 3 N–H and O–H groups in total. The summed E-state index contributed by atoms with van der Waals surface area (Å²) in [5.74, 6) is 0.581. The van der Waals surface area contributed by atoms with Crippen LogP contribution >= 0.6 is 0 Å². The van der Waals surface area contributed by atoms with Crippen molar-refractivity contribution in [3.05, 3.63) is 35.4 Å². The van der Waals surface area contributed by atoms with Crippen LogP contribution in [-0.4, -0.2) is 10.1 Å². The fourth-order valence-electron chi connectivity index (χ4n) is 1.79. The van der Waals surface area contributed by atoms with Crippen molar-refractivity contribution < 1.29 is 5.11 Å². The molecule has 0 saturated carbocycles. The van der Waals surface area contributed by atoms with Gasteiger partial charge in [0.2, 0.25) is 0 Å². The van der Waals surface area contributed by atoms with E-state index in [1.807, 2.05) is 18.2 Å². The Morgan fingerprint density at radius 2 is 2.12 bits per heavy atom. The quantitative estimate of drug-likeness (QED) is 0.810. The zero-order valence-electron chi connectivity index (χ0n) is 9.57. The summed E-state index contributed by atoms with van der Waals surface area (Å²) in [6.45, 7) is 3.80. The maximum absolute atomic E-state index is 9.49. The van der Waals surface area contributed by atoms with E-state index in [2.05, 4.69) is 18.0 Å². The molecule has 0 radical (unpaired) electrons. The van der Waals surface area contributed by atoms with Gasteiger partial charge in [0.15, 0.2) is 0 Å². The number of benzene rings is 1. The lowest BCUT2D eigenvalue weighted by atomic mass is 10.1. The first kappa shape index (κ1) is 10.9. The van der Waals surface area contributed by atoms with Gasteiger partial charge in [-0.2, -0.15) is 0 Å². The number of aromatic nitrogens is 1. The molecule has 1 heterocycles. The number of nitrogens with two attached hydrogens (primary N) is 1. The molecule has 0 aliphatic heterocycles. The molecule has 1 aromatic carbocycles. The maximum Gasteiger partial charge on any atom is 0.127 e. The number of aryl methyl sites for hydroxylation is 1. The standard InChI is InChI=1S/C13H16N2O/c1-3-9-6-11-5-4-10(8(2)16)7-12(11)15-13(9)14/h4-8,16H,3H2,1-2H3,(H2,14,15). The van der Waals surface area contributed by atoms with Gasteiger partial charge in [0, 0.05) is 5.39 Å². The van der Waals surface area contributed by atoms with Gasteiger partial charge in [-0.1, -0.05) is 19.1 Å². The van der Waals surface area contributed by atoms with Crippen molar-refractivity contribution >= 4 is 16.7 Å². The highest BCUT2D eigenvalue weighted by molar-refractivity contribution is 5.82. The lowest BCUT2D eigenvalue weighted by Gasteiger charge is -2.08. The molecule has 16 heavy (non-hydrogen) atoms. The van der Waals surface area contributed by atoms with Crippen LogP contribution in [0.2, 0.25) is 0 Å². The van der Waals surface area contributed by atoms with Crippen molar-refractivity contribution in [2.45, 2.75) is 26.4 Å². The lowest BCUT2D eigenvalue weighted by Crippen LogP contribution is -1.98. The van der Waals surface area contributed by atoms with Crippen LogP contribution in [0.25, 0.3) is 10.9 Å². The number of anilines is 1. The van der Waals surface area contributed by atoms with Crippen molar-refractivity contribution in [3.8, 4) is 0 Å². The van der Waals surface area contributed by atoms with E-state index in [4.69, 9.17) is 5.73 Å². The number of aliphatic hydroxyl groups excluding tert-OH is 1. The normalized spacial score (nSPS) is 12.9. The van der Waals surface area contributed by atoms with Crippen LogP contribution in [-0.2, 0) is 6.42 Å². The Balaban J connectivity index is 2.62. The van der Waals surface area contributed by atoms with Crippen LogP contribution < -0.4 is 5.73 Å². The first-order valence-corrected chi connectivity index (χ1v) is 5.49. The third kappa shape index (κ3) is 1.86. The number of fused-ring (bicyclic) bond motifs is 1. The summed E-state index contributed by atoms with van der Waals surface area (Å²) in [6.07, 6.45) is 0.408. The monoisotopic (exact) mass is 216 g/mol. The molecule has 2 rings (SSSR count). The number of hydrogen-bond acceptors (Lipinski definition) is 3. The van der Waals surface area contributed by atoms with E-state index in [-0.39, 0.29) is 0 Å². The minimum Gasteiger partial charge on any atom is -0.389 e. The predicted molar refractivity (Wildman–Crippen MR) is 66.2 cm³/mol. The molecule has 1 aromatic heterocycles. The Hall–Kier alpha value is -1.61. The average Bonchev–Trinajstić information content (AvgIpc) is 2.27. The smallest absolute Gasteiger partial charge is 0.127 e. The number of hydrogen-bond donors (Lipinski definition) is 2. The second-order valence-electron chi connectivity index (χ2n) is 4.01. The molecule has 2 aromatic rings. The number of pyridine rings is 1. The molecule has 0 amide bonds. The number of nitrogens with zero attached hydrogens (tertiary/aromatic N) is 1. The summed E-state index contributed by atoms with van der Waals surface area (Å²) in [4.78, 5) is 4.36. The van der Waals surface area contributed by atoms with Crippen molar-refractivity contribution in [1.29, 1.82) is 0 Å². The third-order valence-electron chi connectivity index (χ3n) is 2.82.